The number of hydrogen-bond acceptors (Lipinski definition) is 5. The summed E-state index contributed by atoms with van der Waals surface area (Å²) in [6.07, 6.45) is 5.94. The number of nitrogens with zero attached hydrogens (tertiary/aromatic N) is 3. The van der Waals surface area contributed by atoms with Gasteiger partial charge in [-0.2, -0.15) is 0 Å². The zero-order chi connectivity index (χ0) is 22.7. The number of aromatic nitrogens is 2. The van der Waals surface area contributed by atoms with Crippen molar-refractivity contribution in [1.82, 2.24) is 14.9 Å². The van der Waals surface area contributed by atoms with Crippen molar-refractivity contribution in [3.63, 3.8) is 0 Å². The predicted molar refractivity (Wildman–Crippen MR) is 119 cm³/mol. The van der Waals surface area contributed by atoms with Gasteiger partial charge in [-0.1, -0.05) is 24.6 Å². The maximum atomic E-state index is 14.7. The third-order valence-electron chi connectivity index (χ3n) is 6.60. The summed E-state index contributed by atoms with van der Waals surface area (Å²) in [7, 11) is 0. The number of piperidine rings is 1. The number of nitrogens with one attached hydrogen (secondary N) is 1. The van der Waals surface area contributed by atoms with E-state index in [9.17, 15) is 19.1 Å². The minimum atomic E-state index is -0.778. The van der Waals surface area contributed by atoms with Gasteiger partial charge in [-0.25, -0.2) is 14.4 Å². The molecule has 2 N–H and O–H groups in total. The SMILES string of the molecule is CC(=O)N1CCCC(c2cccc(-c3nc(NC4CCCC(C(=O)O)C4)ncc3F)c2)C1. The number of carboxylic acid groups (broad SMARTS) is 1. The Labute approximate surface area is 187 Å². The number of likely N-dealkylation sites (tertiary alicyclic amines) is 1. The summed E-state index contributed by atoms with van der Waals surface area (Å²) in [6.45, 7) is 3.05. The van der Waals surface area contributed by atoms with Crippen LogP contribution >= 0.6 is 0 Å². The van der Waals surface area contributed by atoms with Crippen molar-refractivity contribution in [2.24, 2.45) is 5.92 Å². The van der Waals surface area contributed by atoms with Gasteiger partial charge in [0.15, 0.2) is 5.82 Å². The summed E-state index contributed by atoms with van der Waals surface area (Å²) in [4.78, 5) is 33.5. The van der Waals surface area contributed by atoms with Gasteiger partial charge < -0.3 is 15.3 Å². The Kier molecular flexibility index (Phi) is 6.67. The van der Waals surface area contributed by atoms with Crippen molar-refractivity contribution in [3.05, 3.63) is 41.8 Å². The number of anilines is 1. The van der Waals surface area contributed by atoms with Crippen LogP contribution in [0.25, 0.3) is 11.3 Å². The van der Waals surface area contributed by atoms with Crippen LogP contribution in [-0.4, -0.2) is 51.0 Å². The van der Waals surface area contributed by atoms with Crippen LogP contribution in [0.1, 0.15) is 56.9 Å². The minimum absolute atomic E-state index is 0.0469. The molecule has 2 fully saturated rings. The second kappa shape index (κ2) is 9.63. The Morgan fingerprint density at radius 3 is 2.84 bits per heavy atom. The Balaban J connectivity index is 1.53. The Morgan fingerprint density at radius 2 is 2.06 bits per heavy atom. The highest BCUT2D eigenvalue weighted by molar-refractivity contribution is 5.73. The molecule has 32 heavy (non-hydrogen) atoms. The number of carbonyl (C=O) groups is 2. The second-order valence-electron chi connectivity index (χ2n) is 8.86. The summed E-state index contributed by atoms with van der Waals surface area (Å²) in [5.74, 6) is -1.05. The maximum Gasteiger partial charge on any atom is 0.306 e. The van der Waals surface area contributed by atoms with E-state index in [0.717, 1.165) is 44.0 Å². The molecular formula is C24H29FN4O3. The van der Waals surface area contributed by atoms with Crippen LogP contribution in [-0.2, 0) is 9.59 Å². The first kappa shape index (κ1) is 22.2. The lowest BCUT2D eigenvalue weighted by molar-refractivity contribution is -0.142. The molecule has 2 heterocycles. The van der Waals surface area contributed by atoms with Gasteiger partial charge in [0.1, 0.15) is 5.69 Å². The first-order valence-electron chi connectivity index (χ1n) is 11.3. The lowest BCUT2D eigenvalue weighted by atomic mass is 9.86. The highest BCUT2D eigenvalue weighted by atomic mass is 19.1. The number of halogens is 1. The fraction of sp³-hybridized carbons (Fsp3) is 0.500. The summed E-state index contributed by atoms with van der Waals surface area (Å²) < 4.78 is 14.7. The molecule has 8 heteroatoms. The van der Waals surface area contributed by atoms with Crippen molar-refractivity contribution in [2.45, 2.75) is 57.4 Å². The molecule has 3 atom stereocenters. The van der Waals surface area contributed by atoms with Crippen LogP contribution in [0.2, 0.25) is 0 Å². The molecule has 1 aromatic heterocycles. The van der Waals surface area contributed by atoms with E-state index in [0.29, 0.717) is 30.9 Å². The molecule has 1 saturated heterocycles. The molecule has 7 nitrogen and oxygen atoms in total. The van der Waals surface area contributed by atoms with E-state index in [2.05, 4.69) is 15.3 Å². The number of carbonyl (C=O) groups excluding carboxylic acids is 1. The topological polar surface area (TPSA) is 95.4 Å². The van der Waals surface area contributed by atoms with Gasteiger partial charge in [0.05, 0.1) is 12.1 Å². The number of benzene rings is 1. The highest BCUT2D eigenvalue weighted by Crippen LogP contribution is 2.31. The molecule has 4 rings (SSSR count). The second-order valence-corrected chi connectivity index (χ2v) is 8.86. The molecule has 0 radical (unpaired) electrons. The maximum absolute atomic E-state index is 14.7. The fourth-order valence-corrected chi connectivity index (χ4v) is 4.84. The number of rotatable bonds is 5. The molecule has 3 unspecified atom stereocenters. The van der Waals surface area contributed by atoms with Gasteiger partial charge in [0.25, 0.3) is 0 Å². The molecular weight excluding hydrogens is 411 g/mol. The Morgan fingerprint density at radius 1 is 1.22 bits per heavy atom. The smallest absolute Gasteiger partial charge is 0.306 e. The van der Waals surface area contributed by atoms with Crippen molar-refractivity contribution >= 4 is 17.8 Å². The zero-order valence-corrected chi connectivity index (χ0v) is 18.3. The van der Waals surface area contributed by atoms with Crippen molar-refractivity contribution in [1.29, 1.82) is 0 Å². The normalized spacial score (nSPS) is 23.6. The summed E-state index contributed by atoms with van der Waals surface area (Å²) in [6, 6.07) is 7.64. The Hall–Kier alpha value is -3.03. The van der Waals surface area contributed by atoms with E-state index >= 15 is 0 Å². The van der Waals surface area contributed by atoms with E-state index in [1.165, 1.54) is 0 Å². The molecule has 0 spiro atoms. The summed E-state index contributed by atoms with van der Waals surface area (Å²) in [5.41, 5.74) is 1.95. The quantitative estimate of drug-likeness (QED) is 0.728. The zero-order valence-electron chi connectivity index (χ0n) is 18.3. The van der Waals surface area contributed by atoms with Crippen LogP contribution in [0.3, 0.4) is 0 Å². The number of aliphatic carboxylic acids is 1. The average molecular weight is 441 g/mol. The lowest BCUT2D eigenvalue weighted by Crippen LogP contribution is -2.37. The third kappa shape index (κ3) is 5.06. The van der Waals surface area contributed by atoms with Gasteiger partial charge in [-0.3, -0.25) is 9.59 Å². The van der Waals surface area contributed by atoms with Gasteiger partial charge in [-0.15, -0.1) is 0 Å². The molecule has 1 saturated carbocycles. The highest BCUT2D eigenvalue weighted by Gasteiger charge is 2.28. The Bertz CT molecular complexity index is 999. The molecule has 2 aliphatic rings. The first-order valence-corrected chi connectivity index (χ1v) is 11.3. The predicted octanol–water partition coefficient (Wildman–Crippen LogP) is 4.06. The van der Waals surface area contributed by atoms with Gasteiger partial charge in [0, 0.05) is 37.5 Å². The van der Waals surface area contributed by atoms with E-state index in [1.807, 2.05) is 29.2 Å². The molecule has 2 aromatic rings. The van der Waals surface area contributed by atoms with Gasteiger partial charge in [-0.05, 0) is 43.7 Å². The van der Waals surface area contributed by atoms with E-state index in [-0.39, 0.29) is 29.5 Å². The summed E-state index contributed by atoms with van der Waals surface area (Å²) in [5, 5.41) is 12.5. The van der Waals surface area contributed by atoms with Crippen molar-refractivity contribution < 1.29 is 19.1 Å². The standard InChI is InChI=1S/C24H29FN4O3/c1-15(30)29-10-4-8-19(14-29)16-5-2-6-17(11-16)22-21(25)13-26-24(28-22)27-20-9-3-7-18(12-20)23(31)32/h2,5-6,11,13,18-20H,3-4,7-10,12,14H2,1H3,(H,31,32)(H,26,27,28). The largest absolute Gasteiger partial charge is 0.481 e. The summed E-state index contributed by atoms with van der Waals surface area (Å²) >= 11 is 0. The number of carboxylic acids is 1. The monoisotopic (exact) mass is 440 g/mol. The van der Waals surface area contributed by atoms with Crippen LogP contribution in [0.5, 0.6) is 0 Å². The van der Waals surface area contributed by atoms with Gasteiger partial charge >= 0.3 is 5.97 Å². The van der Waals surface area contributed by atoms with E-state index < -0.39 is 11.8 Å². The van der Waals surface area contributed by atoms with Crippen LogP contribution in [0, 0.1) is 11.7 Å². The lowest BCUT2D eigenvalue weighted by Gasteiger charge is -2.32. The van der Waals surface area contributed by atoms with E-state index in [1.54, 1.807) is 6.92 Å². The third-order valence-corrected chi connectivity index (χ3v) is 6.60. The van der Waals surface area contributed by atoms with E-state index in [4.69, 9.17) is 0 Å². The minimum Gasteiger partial charge on any atom is -0.481 e. The number of amides is 1. The van der Waals surface area contributed by atoms with Crippen LogP contribution < -0.4 is 5.32 Å². The van der Waals surface area contributed by atoms with Crippen molar-refractivity contribution in [3.8, 4) is 11.3 Å². The first-order chi connectivity index (χ1) is 15.4. The fourth-order valence-electron chi connectivity index (χ4n) is 4.84. The average Bonchev–Trinajstić information content (AvgIpc) is 2.80. The molecule has 1 aliphatic carbocycles. The molecule has 0 bridgehead atoms. The van der Waals surface area contributed by atoms with Crippen LogP contribution in [0.15, 0.2) is 30.5 Å². The van der Waals surface area contributed by atoms with Gasteiger partial charge in [0.2, 0.25) is 11.9 Å². The molecule has 1 amide bonds. The molecule has 1 aliphatic heterocycles. The van der Waals surface area contributed by atoms with Crippen molar-refractivity contribution in [2.75, 3.05) is 18.4 Å². The molecule has 1 aromatic carbocycles. The molecule has 170 valence electrons. The van der Waals surface area contributed by atoms with Crippen LogP contribution in [0.4, 0.5) is 10.3 Å². The number of hydrogen-bond donors (Lipinski definition) is 2.